The van der Waals surface area contributed by atoms with Crippen LogP contribution >= 0.6 is 15.9 Å². The van der Waals surface area contributed by atoms with E-state index >= 15 is 0 Å². The quantitative estimate of drug-likeness (QED) is 0.772. The smallest absolute Gasteiger partial charge is 0.133 e. The minimum atomic E-state index is 0.660. The van der Waals surface area contributed by atoms with Crippen molar-refractivity contribution in [3.63, 3.8) is 0 Å². The molecule has 0 aromatic carbocycles. The third-order valence-corrected chi connectivity index (χ3v) is 3.86. The van der Waals surface area contributed by atoms with Crippen LogP contribution in [0.1, 0.15) is 36.6 Å². The molecule has 0 atom stereocenters. The fraction of sp³-hybridized carbons (Fsp3) is 0.700. The predicted octanol–water partition coefficient (Wildman–Crippen LogP) is 2.44. The van der Waals surface area contributed by atoms with Gasteiger partial charge in [-0.3, -0.25) is 4.68 Å². The zero-order valence-electron chi connectivity index (χ0n) is 8.00. The summed E-state index contributed by atoms with van der Waals surface area (Å²) in [6.07, 6.45) is 4.96. The number of ether oxygens (including phenoxy) is 1. The summed E-state index contributed by atoms with van der Waals surface area (Å²) in [6.45, 7) is 1.57. The van der Waals surface area contributed by atoms with Crippen LogP contribution in [0.2, 0.25) is 0 Å². The Labute approximate surface area is 91.6 Å². The molecule has 4 heteroatoms. The van der Waals surface area contributed by atoms with Gasteiger partial charge in [0, 0.05) is 17.7 Å². The maximum Gasteiger partial charge on any atom is 0.133 e. The van der Waals surface area contributed by atoms with Crippen LogP contribution < -0.4 is 0 Å². The van der Waals surface area contributed by atoms with Crippen LogP contribution in [-0.4, -0.2) is 16.4 Å². The third kappa shape index (κ3) is 1.24. The van der Waals surface area contributed by atoms with E-state index < -0.39 is 0 Å². The zero-order chi connectivity index (χ0) is 9.54. The van der Waals surface area contributed by atoms with Gasteiger partial charge in [0.15, 0.2) is 0 Å². The van der Waals surface area contributed by atoms with Crippen LogP contribution in [0.4, 0.5) is 0 Å². The summed E-state index contributed by atoms with van der Waals surface area (Å²) in [5.41, 5.74) is 2.66. The molecule has 3 nitrogen and oxygen atoms in total. The highest BCUT2D eigenvalue weighted by molar-refractivity contribution is 9.10. The number of rotatable bonds is 1. The normalized spacial score (nSPS) is 21.8. The van der Waals surface area contributed by atoms with Gasteiger partial charge in [-0.25, -0.2) is 0 Å². The minimum Gasteiger partial charge on any atom is -0.376 e. The fourth-order valence-corrected chi connectivity index (χ4v) is 2.67. The van der Waals surface area contributed by atoms with Crippen LogP contribution in [-0.2, 0) is 17.8 Å². The Morgan fingerprint density at radius 1 is 1.43 bits per heavy atom. The number of hydrogen-bond donors (Lipinski definition) is 0. The summed E-state index contributed by atoms with van der Waals surface area (Å²) in [7, 11) is 0. The summed E-state index contributed by atoms with van der Waals surface area (Å²) in [5.74, 6) is 0. The van der Waals surface area contributed by atoms with Gasteiger partial charge in [0.1, 0.15) is 4.60 Å². The summed E-state index contributed by atoms with van der Waals surface area (Å²) in [5, 5.41) is 4.57. The second-order valence-corrected chi connectivity index (χ2v) is 4.80. The Bertz CT molecular complexity index is 357. The molecule has 1 aliphatic carbocycles. The first kappa shape index (κ1) is 8.92. The Balaban J connectivity index is 2.02. The summed E-state index contributed by atoms with van der Waals surface area (Å²) in [6, 6.07) is 0.660. The van der Waals surface area contributed by atoms with Crippen LogP contribution in [0, 0.1) is 0 Å². The monoisotopic (exact) mass is 256 g/mol. The average molecular weight is 257 g/mol. The van der Waals surface area contributed by atoms with Gasteiger partial charge in [-0.15, -0.1) is 0 Å². The molecule has 0 spiro atoms. The molecule has 1 aliphatic heterocycles. The van der Waals surface area contributed by atoms with Crippen LogP contribution in [0.25, 0.3) is 0 Å². The molecule has 2 heterocycles. The van der Waals surface area contributed by atoms with E-state index in [4.69, 9.17) is 4.74 Å². The van der Waals surface area contributed by atoms with Crippen molar-refractivity contribution in [2.75, 3.05) is 6.61 Å². The van der Waals surface area contributed by atoms with Gasteiger partial charge in [-0.1, -0.05) is 0 Å². The first-order chi connectivity index (χ1) is 6.86. The van der Waals surface area contributed by atoms with Crippen molar-refractivity contribution >= 4 is 15.9 Å². The van der Waals surface area contributed by atoms with Crippen molar-refractivity contribution < 1.29 is 4.74 Å². The Morgan fingerprint density at radius 3 is 3.00 bits per heavy atom. The molecule has 14 heavy (non-hydrogen) atoms. The number of fused-ring (bicyclic) bond motifs is 1. The molecular weight excluding hydrogens is 244 g/mol. The van der Waals surface area contributed by atoms with E-state index in [0.29, 0.717) is 6.04 Å². The maximum atomic E-state index is 5.44. The number of nitrogens with zero attached hydrogens (tertiary/aromatic N) is 2. The maximum absolute atomic E-state index is 5.44. The molecule has 76 valence electrons. The van der Waals surface area contributed by atoms with Gasteiger partial charge in [0.05, 0.1) is 19.3 Å². The van der Waals surface area contributed by atoms with Crippen molar-refractivity contribution in [3.8, 4) is 0 Å². The second-order valence-electron chi connectivity index (χ2n) is 4.05. The number of aromatic nitrogens is 2. The van der Waals surface area contributed by atoms with E-state index in [1.165, 1.54) is 30.5 Å². The van der Waals surface area contributed by atoms with Crippen LogP contribution in [0.3, 0.4) is 0 Å². The van der Waals surface area contributed by atoms with Crippen LogP contribution in [0.15, 0.2) is 4.60 Å². The lowest BCUT2D eigenvalue weighted by atomic mass is 9.93. The standard InChI is InChI=1S/C10H13BrN2O/c11-10-8-6-14-5-4-9(8)13(12-10)7-2-1-3-7/h7H,1-6H2. The van der Waals surface area contributed by atoms with Gasteiger partial charge in [0.2, 0.25) is 0 Å². The van der Waals surface area contributed by atoms with Gasteiger partial charge in [0.25, 0.3) is 0 Å². The molecule has 2 aliphatic rings. The Morgan fingerprint density at radius 2 is 2.29 bits per heavy atom. The van der Waals surface area contributed by atoms with Gasteiger partial charge < -0.3 is 4.74 Å². The highest BCUT2D eigenvalue weighted by Gasteiger charge is 2.27. The molecule has 0 bridgehead atoms. The molecule has 0 N–H and O–H groups in total. The number of halogens is 1. The van der Waals surface area contributed by atoms with E-state index in [2.05, 4.69) is 25.7 Å². The van der Waals surface area contributed by atoms with Crippen LogP contribution in [0.5, 0.6) is 0 Å². The van der Waals surface area contributed by atoms with Gasteiger partial charge >= 0.3 is 0 Å². The summed E-state index contributed by atoms with van der Waals surface area (Å²) in [4.78, 5) is 0. The van der Waals surface area contributed by atoms with Crippen molar-refractivity contribution in [1.29, 1.82) is 0 Å². The van der Waals surface area contributed by atoms with Crippen molar-refractivity contribution in [2.45, 2.75) is 38.3 Å². The molecule has 1 fully saturated rings. The molecule has 1 aromatic rings. The Kier molecular flexibility index (Phi) is 2.13. The molecular formula is C10H13BrN2O. The molecule has 1 aromatic heterocycles. The van der Waals surface area contributed by atoms with E-state index in [9.17, 15) is 0 Å². The van der Waals surface area contributed by atoms with E-state index in [1.54, 1.807) is 0 Å². The predicted molar refractivity (Wildman–Crippen MR) is 56.2 cm³/mol. The summed E-state index contributed by atoms with van der Waals surface area (Å²) >= 11 is 3.51. The number of hydrogen-bond acceptors (Lipinski definition) is 2. The molecule has 3 rings (SSSR count). The third-order valence-electron chi connectivity index (χ3n) is 3.22. The summed E-state index contributed by atoms with van der Waals surface area (Å²) < 4.78 is 8.65. The second kappa shape index (κ2) is 3.35. The largest absolute Gasteiger partial charge is 0.376 e. The lowest BCUT2D eigenvalue weighted by Crippen LogP contribution is -2.22. The van der Waals surface area contributed by atoms with E-state index in [0.717, 1.165) is 24.2 Å². The molecule has 0 unspecified atom stereocenters. The Hall–Kier alpha value is -0.350. The highest BCUT2D eigenvalue weighted by atomic mass is 79.9. The topological polar surface area (TPSA) is 27.1 Å². The SMILES string of the molecule is Brc1nn(C2CCC2)c2c1COCC2. The highest BCUT2D eigenvalue weighted by Crippen LogP contribution is 2.35. The lowest BCUT2D eigenvalue weighted by molar-refractivity contribution is 0.106. The van der Waals surface area contributed by atoms with Gasteiger partial charge in [-0.2, -0.15) is 5.10 Å². The van der Waals surface area contributed by atoms with E-state index in [1.807, 2.05) is 0 Å². The van der Waals surface area contributed by atoms with Crippen molar-refractivity contribution in [3.05, 3.63) is 15.9 Å². The van der Waals surface area contributed by atoms with E-state index in [-0.39, 0.29) is 0 Å². The fourth-order valence-electron chi connectivity index (χ4n) is 2.16. The zero-order valence-corrected chi connectivity index (χ0v) is 9.59. The van der Waals surface area contributed by atoms with Gasteiger partial charge in [-0.05, 0) is 35.2 Å². The molecule has 0 radical (unpaired) electrons. The average Bonchev–Trinajstić information content (AvgIpc) is 2.43. The molecule has 0 amide bonds. The molecule has 0 saturated heterocycles. The van der Waals surface area contributed by atoms with Crippen molar-refractivity contribution in [2.24, 2.45) is 0 Å². The molecule has 1 saturated carbocycles. The first-order valence-corrected chi connectivity index (χ1v) is 5.99. The minimum absolute atomic E-state index is 0.660. The lowest BCUT2D eigenvalue weighted by Gasteiger charge is -2.28. The van der Waals surface area contributed by atoms with Crippen molar-refractivity contribution in [1.82, 2.24) is 9.78 Å². The first-order valence-electron chi connectivity index (χ1n) is 5.20.